The van der Waals surface area contributed by atoms with Crippen LogP contribution in [-0.2, 0) is 24.4 Å². The highest BCUT2D eigenvalue weighted by molar-refractivity contribution is 5.79. The number of nitrogens with one attached hydrogen (secondary N) is 2. The molecule has 2 heterocycles. The number of benzene rings is 1. The minimum absolute atomic E-state index is 0.297. The van der Waals surface area contributed by atoms with Crippen molar-refractivity contribution in [3.63, 3.8) is 0 Å². The third-order valence-electron chi connectivity index (χ3n) is 4.76. The van der Waals surface area contributed by atoms with E-state index >= 15 is 0 Å². The van der Waals surface area contributed by atoms with E-state index in [1.165, 1.54) is 11.1 Å². The summed E-state index contributed by atoms with van der Waals surface area (Å²) in [5.41, 5.74) is 2.57. The zero-order chi connectivity index (χ0) is 18.9. The van der Waals surface area contributed by atoms with Gasteiger partial charge in [0.05, 0.1) is 18.9 Å². The van der Waals surface area contributed by atoms with Crippen molar-refractivity contribution in [2.45, 2.75) is 38.6 Å². The van der Waals surface area contributed by atoms with E-state index in [4.69, 9.17) is 9.15 Å². The van der Waals surface area contributed by atoms with Gasteiger partial charge in [-0.25, -0.2) is 0 Å². The Bertz CT molecular complexity index is 709. The third-order valence-corrected chi connectivity index (χ3v) is 4.76. The number of hydrogen-bond acceptors (Lipinski definition) is 4. The van der Waals surface area contributed by atoms with E-state index in [0.717, 1.165) is 57.3 Å². The highest BCUT2D eigenvalue weighted by Crippen LogP contribution is 2.14. The molecule has 1 aromatic heterocycles. The van der Waals surface area contributed by atoms with Gasteiger partial charge in [-0.3, -0.25) is 9.89 Å². The van der Waals surface area contributed by atoms with Gasteiger partial charge in [0.25, 0.3) is 0 Å². The molecule has 0 radical (unpaired) electrons. The van der Waals surface area contributed by atoms with Crippen molar-refractivity contribution in [1.29, 1.82) is 0 Å². The second kappa shape index (κ2) is 10.1. The summed E-state index contributed by atoms with van der Waals surface area (Å²) < 4.78 is 11.1. The maximum atomic E-state index is 5.66. The zero-order valence-corrected chi connectivity index (χ0v) is 16.3. The molecule has 0 amide bonds. The van der Waals surface area contributed by atoms with Crippen LogP contribution in [0.2, 0.25) is 0 Å². The Kier molecular flexibility index (Phi) is 7.30. The molecular formula is C21H30N4O2. The lowest BCUT2D eigenvalue weighted by Crippen LogP contribution is -2.40. The second-order valence-corrected chi connectivity index (χ2v) is 6.96. The average Bonchev–Trinajstić information content (AvgIpc) is 3.37. The molecule has 146 valence electrons. The van der Waals surface area contributed by atoms with Gasteiger partial charge in [0.15, 0.2) is 5.96 Å². The number of aliphatic imine (C=N–C) groups is 1. The van der Waals surface area contributed by atoms with Crippen molar-refractivity contribution >= 4 is 5.96 Å². The first kappa shape index (κ1) is 19.5. The maximum absolute atomic E-state index is 5.66. The molecule has 2 aromatic rings. The van der Waals surface area contributed by atoms with Crippen molar-refractivity contribution in [2.75, 3.05) is 27.2 Å². The lowest BCUT2D eigenvalue weighted by Gasteiger charge is -2.19. The molecule has 6 heteroatoms. The highest BCUT2D eigenvalue weighted by atomic mass is 16.5. The van der Waals surface area contributed by atoms with Crippen LogP contribution in [0.4, 0.5) is 0 Å². The molecule has 27 heavy (non-hydrogen) atoms. The number of hydrogen-bond donors (Lipinski definition) is 2. The maximum Gasteiger partial charge on any atom is 0.191 e. The molecule has 0 bridgehead atoms. The fourth-order valence-corrected chi connectivity index (χ4v) is 3.31. The van der Waals surface area contributed by atoms with Gasteiger partial charge in [-0.2, -0.15) is 0 Å². The lowest BCUT2D eigenvalue weighted by atomic mass is 10.1. The van der Waals surface area contributed by atoms with Crippen LogP contribution in [0.25, 0.3) is 0 Å². The van der Waals surface area contributed by atoms with Crippen molar-refractivity contribution in [3.05, 3.63) is 59.5 Å². The summed E-state index contributed by atoms with van der Waals surface area (Å²) in [5.74, 6) is 1.79. The number of ether oxygens (including phenoxy) is 1. The second-order valence-electron chi connectivity index (χ2n) is 6.96. The molecule has 1 fully saturated rings. The molecule has 1 atom stereocenters. The Balaban J connectivity index is 1.51. The standard InChI is InChI=1S/C21H30N4O2/c1-22-21(24-14-19-9-5-11-26-19)23-13-17-7-3-4-8-18(17)15-25(2)16-20-10-6-12-27-20/h3-4,6-8,10,12,19H,5,9,11,13-16H2,1-2H3,(H2,22,23,24). The van der Waals surface area contributed by atoms with E-state index < -0.39 is 0 Å². The minimum atomic E-state index is 0.297. The third kappa shape index (κ3) is 6.12. The van der Waals surface area contributed by atoms with Crippen LogP contribution in [0.1, 0.15) is 29.7 Å². The van der Waals surface area contributed by atoms with Gasteiger partial charge >= 0.3 is 0 Å². The van der Waals surface area contributed by atoms with Crippen LogP contribution < -0.4 is 10.6 Å². The Morgan fingerprint density at radius 1 is 1.15 bits per heavy atom. The first-order valence-corrected chi connectivity index (χ1v) is 9.58. The van der Waals surface area contributed by atoms with Crippen LogP contribution in [0, 0.1) is 0 Å². The summed E-state index contributed by atoms with van der Waals surface area (Å²) in [4.78, 5) is 6.57. The quantitative estimate of drug-likeness (QED) is 0.553. The van der Waals surface area contributed by atoms with Crippen LogP contribution in [0.3, 0.4) is 0 Å². The molecule has 1 saturated heterocycles. The smallest absolute Gasteiger partial charge is 0.191 e. The fourth-order valence-electron chi connectivity index (χ4n) is 3.31. The average molecular weight is 370 g/mol. The normalized spacial score (nSPS) is 17.4. The molecule has 3 rings (SSSR count). The predicted octanol–water partition coefficient (Wildman–Crippen LogP) is 2.76. The van der Waals surface area contributed by atoms with E-state index in [0.29, 0.717) is 6.10 Å². The Labute approximate surface area is 161 Å². The summed E-state index contributed by atoms with van der Waals surface area (Å²) in [5, 5.41) is 6.78. The first-order chi connectivity index (χ1) is 13.2. The van der Waals surface area contributed by atoms with Gasteiger partial charge in [-0.1, -0.05) is 24.3 Å². The van der Waals surface area contributed by atoms with E-state index in [1.807, 2.05) is 12.1 Å². The molecule has 6 nitrogen and oxygen atoms in total. The summed E-state index contributed by atoms with van der Waals surface area (Å²) in [7, 11) is 3.91. The molecule has 1 aromatic carbocycles. The minimum Gasteiger partial charge on any atom is -0.468 e. The Hall–Kier alpha value is -2.31. The molecule has 1 aliphatic heterocycles. The molecule has 0 spiro atoms. The molecular weight excluding hydrogens is 340 g/mol. The van der Waals surface area contributed by atoms with Gasteiger partial charge in [0.2, 0.25) is 0 Å². The van der Waals surface area contributed by atoms with Crippen molar-refractivity contribution in [3.8, 4) is 0 Å². The SMILES string of the molecule is CN=C(NCc1ccccc1CN(C)Cc1ccco1)NCC1CCCO1. The molecule has 0 aliphatic carbocycles. The van der Waals surface area contributed by atoms with Gasteiger partial charge in [-0.15, -0.1) is 0 Å². The lowest BCUT2D eigenvalue weighted by molar-refractivity contribution is 0.114. The van der Waals surface area contributed by atoms with Crippen molar-refractivity contribution in [2.24, 2.45) is 4.99 Å². The summed E-state index contributed by atoms with van der Waals surface area (Å²) in [6, 6.07) is 12.4. The van der Waals surface area contributed by atoms with Crippen LogP contribution in [0.5, 0.6) is 0 Å². The monoisotopic (exact) mass is 370 g/mol. The molecule has 0 saturated carbocycles. The van der Waals surface area contributed by atoms with Gasteiger partial charge in [0.1, 0.15) is 5.76 Å². The predicted molar refractivity (Wildman–Crippen MR) is 107 cm³/mol. The zero-order valence-electron chi connectivity index (χ0n) is 16.3. The molecule has 1 aliphatic rings. The number of rotatable bonds is 8. The summed E-state index contributed by atoms with van der Waals surface area (Å²) >= 11 is 0. The first-order valence-electron chi connectivity index (χ1n) is 9.58. The highest BCUT2D eigenvalue weighted by Gasteiger charge is 2.15. The fraction of sp³-hybridized carbons (Fsp3) is 0.476. The van der Waals surface area contributed by atoms with Gasteiger partial charge in [-0.05, 0) is 43.1 Å². The molecule has 1 unspecified atom stereocenters. The summed E-state index contributed by atoms with van der Waals surface area (Å²) in [6.45, 7) is 4.06. The van der Waals surface area contributed by atoms with E-state index in [-0.39, 0.29) is 0 Å². The Morgan fingerprint density at radius 3 is 2.70 bits per heavy atom. The van der Waals surface area contributed by atoms with Crippen molar-refractivity contribution in [1.82, 2.24) is 15.5 Å². The Morgan fingerprint density at radius 2 is 2.00 bits per heavy atom. The van der Waals surface area contributed by atoms with E-state index in [9.17, 15) is 0 Å². The topological polar surface area (TPSA) is 62.0 Å². The van der Waals surface area contributed by atoms with Crippen LogP contribution >= 0.6 is 0 Å². The van der Waals surface area contributed by atoms with Gasteiger partial charge < -0.3 is 19.8 Å². The van der Waals surface area contributed by atoms with Crippen molar-refractivity contribution < 1.29 is 9.15 Å². The molecule has 2 N–H and O–H groups in total. The summed E-state index contributed by atoms with van der Waals surface area (Å²) in [6.07, 6.45) is 4.29. The number of furan rings is 1. The number of guanidine groups is 1. The largest absolute Gasteiger partial charge is 0.468 e. The van der Waals surface area contributed by atoms with E-state index in [1.54, 1.807) is 13.3 Å². The van der Waals surface area contributed by atoms with Crippen LogP contribution in [-0.4, -0.2) is 44.2 Å². The van der Waals surface area contributed by atoms with Gasteiger partial charge in [0, 0.05) is 33.3 Å². The number of nitrogens with zero attached hydrogens (tertiary/aromatic N) is 2. The van der Waals surface area contributed by atoms with E-state index in [2.05, 4.69) is 51.8 Å². The van der Waals surface area contributed by atoms with Crippen LogP contribution in [0.15, 0.2) is 52.1 Å².